The molecule has 0 aromatic carbocycles. The SMILES string of the molecule is CCCCS(=O)(=O)On1ccccc1=O. The Kier molecular flexibility index (Phi) is 3.90. The van der Waals surface area contributed by atoms with Crippen molar-refractivity contribution in [3.8, 4) is 0 Å². The van der Waals surface area contributed by atoms with Crippen LogP contribution in [0.1, 0.15) is 19.8 Å². The maximum atomic E-state index is 11.3. The highest BCUT2D eigenvalue weighted by Gasteiger charge is 2.12. The normalized spacial score (nSPS) is 11.3. The summed E-state index contributed by atoms with van der Waals surface area (Å²) in [6.07, 6.45) is 2.54. The van der Waals surface area contributed by atoms with Crippen LogP contribution in [0.3, 0.4) is 0 Å². The molecule has 0 amide bonds. The molecule has 0 spiro atoms. The van der Waals surface area contributed by atoms with Gasteiger partial charge in [0, 0.05) is 12.3 Å². The molecule has 0 aliphatic carbocycles. The average molecular weight is 231 g/mol. The van der Waals surface area contributed by atoms with Crippen LogP contribution >= 0.6 is 0 Å². The van der Waals surface area contributed by atoms with E-state index in [2.05, 4.69) is 4.28 Å². The van der Waals surface area contributed by atoms with E-state index in [1.807, 2.05) is 6.92 Å². The highest BCUT2D eigenvalue weighted by atomic mass is 32.2. The van der Waals surface area contributed by atoms with Crippen molar-refractivity contribution in [2.24, 2.45) is 0 Å². The number of pyridine rings is 1. The van der Waals surface area contributed by atoms with E-state index in [-0.39, 0.29) is 5.75 Å². The van der Waals surface area contributed by atoms with E-state index in [4.69, 9.17) is 0 Å². The molecule has 84 valence electrons. The van der Waals surface area contributed by atoms with Crippen molar-refractivity contribution in [1.29, 1.82) is 0 Å². The van der Waals surface area contributed by atoms with Gasteiger partial charge in [0.1, 0.15) is 0 Å². The molecule has 0 unspecified atom stereocenters. The Hall–Kier alpha value is -1.30. The second-order valence-corrected chi connectivity index (χ2v) is 4.73. The van der Waals surface area contributed by atoms with Gasteiger partial charge in [0.05, 0.1) is 5.75 Å². The molecule has 0 saturated carbocycles. The van der Waals surface area contributed by atoms with Crippen LogP contribution in [-0.2, 0) is 10.1 Å². The third-order valence-electron chi connectivity index (χ3n) is 1.73. The molecule has 1 aromatic rings. The first-order chi connectivity index (χ1) is 7.05. The lowest BCUT2D eigenvalue weighted by Gasteiger charge is -2.06. The van der Waals surface area contributed by atoms with Crippen LogP contribution in [0.25, 0.3) is 0 Å². The van der Waals surface area contributed by atoms with Gasteiger partial charge in [-0.25, -0.2) is 0 Å². The highest BCUT2D eigenvalue weighted by Crippen LogP contribution is 1.95. The second-order valence-electron chi connectivity index (χ2n) is 3.05. The van der Waals surface area contributed by atoms with E-state index in [1.54, 1.807) is 0 Å². The monoisotopic (exact) mass is 231 g/mol. The molecule has 1 aromatic heterocycles. The molecule has 1 heterocycles. The van der Waals surface area contributed by atoms with Crippen molar-refractivity contribution in [2.45, 2.75) is 19.8 Å². The zero-order valence-corrected chi connectivity index (χ0v) is 9.24. The first kappa shape index (κ1) is 11.8. The molecule has 0 radical (unpaired) electrons. The summed E-state index contributed by atoms with van der Waals surface area (Å²) in [6, 6.07) is 4.27. The van der Waals surface area contributed by atoms with Gasteiger partial charge in [-0.2, -0.15) is 8.42 Å². The van der Waals surface area contributed by atoms with Crippen LogP contribution in [0.5, 0.6) is 0 Å². The zero-order valence-electron chi connectivity index (χ0n) is 8.42. The van der Waals surface area contributed by atoms with E-state index in [1.165, 1.54) is 24.4 Å². The zero-order chi connectivity index (χ0) is 11.3. The van der Waals surface area contributed by atoms with E-state index in [9.17, 15) is 13.2 Å². The van der Waals surface area contributed by atoms with Crippen molar-refractivity contribution >= 4 is 10.1 Å². The number of rotatable bonds is 5. The first-order valence-electron chi connectivity index (χ1n) is 4.65. The van der Waals surface area contributed by atoms with Gasteiger partial charge in [0.2, 0.25) is 0 Å². The first-order valence-corrected chi connectivity index (χ1v) is 6.23. The summed E-state index contributed by atoms with van der Waals surface area (Å²) in [7, 11) is -3.66. The number of unbranched alkanes of at least 4 members (excludes halogenated alkanes) is 1. The van der Waals surface area contributed by atoms with E-state index >= 15 is 0 Å². The minimum atomic E-state index is -3.66. The fourth-order valence-electron chi connectivity index (χ4n) is 0.955. The summed E-state index contributed by atoms with van der Waals surface area (Å²) in [5.41, 5.74) is -0.502. The molecule has 1 rings (SSSR count). The molecule has 6 heteroatoms. The van der Waals surface area contributed by atoms with Crippen molar-refractivity contribution < 1.29 is 12.7 Å². The number of hydrogen-bond acceptors (Lipinski definition) is 4. The molecule has 0 fully saturated rings. The Morgan fingerprint density at radius 3 is 2.73 bits per heavy atom. The smallest absolute Gasteiger partial charge is 0.284 e. The van der Waals surface area contributed by atoms with Gasteiger partial charge in [-0.3, -0.25) is 9.08 Å². The van der Waals surface area contributed by atoms with Gasteiger partial charge < -0.3 is 0 Å². The third kappa shape index (κ3) is 3.75. The second kappa shape index (κ2) is 4.97. The number of hydrogen-bond donors (Lipinski definition) is 0. The summed E-state index contributed by atoms with van der Waals surface area (Å²) in [5, 5.41) is 0. The maximum Gasteiger partial charge on any atom is 0.327 e. The topological polar surface area (TPSA) is 65.4 Å². The molecule has 15 heavy (non-hydrogen) atoms. The van der Waals surface area contributed by atoms with Crippen LogP contribution in [-0.4, -0.2) is 18.9 Å². The Morgan fingerprint density at radius 1 is 1.40 bits per heavy atom. The lowest BCUT2D eigenvalue weighted by atomic mass is 10.4. The van der Waals surface area contributed by atoms with Crippen molar-refractivity contribution in [3.63, 3.8) is 0 Å². The molecule has 0 saturated heterocycles. The van der Waals surface area contributed by atoms with Gasteiger partial charge in [0.25, 0.3) is 5.56 Å². The Morgan fingerprint density at radius 2 is 2.13 bits per heavy atom. The van der Waals surface area contributed by atoms with Gasteiger partial charge in [-0.05, 0) is 12.5 Å². The minimum absolute atomic E-state index is 0.0785. The number of aromatic nitrogens is 1. The number of nitrogens with zero attached hydrogens (tertiary/aromatic N) is 1. The predicted octanol–water partition coefficient (Wildman–Crippen LogP) is 0.407. The molecule has 0 aliphatic heterocycles. The van der Waals surface area contributed by atoms with E-state index in [0.29, 0.717) is 11.2 Å². The fraction of sp³-hybridized carbons (Fsp3) is 0.444. The summed E-state index contributed by atoms with van der Waals surface area (Å²) in [5.74, 6) is -0.0785. The lowest BCUT2D eigenvalue weighted by Crippen LogP contribution is -2.31. The largest absolute Gasteiger partial charge is 0.327 e. The fourth-order valence-corrected chi connectivity index (χ4v) is 2.04. The standard InChI is InChI=1S/C9H13NO4S/c1-2-3-8-15(12,13)14-10-7-5-4-6-9(10)11/h4-7H,2-3,8H2,1H3. The molecule has 0 atom stereocenters. The Bertz CT molecular complexity index is 463. The minimum Gasteiger partial charge on any atom is -0.284 e. The van der Waals surface area contributed by atoms with Gasteiger partial charge >= 0.3 is 10.1 Å². The summed E-state index contributed by atoms with van der Waals surface area (Å²) >= 11 is 0. The summed E-state index contributed by atoms with van der Waals surface area (Å²) in [6.45, 7) is 1.88. The summed E-state index contributed by atoms with van der Waals surface area (Å²) in [4.78, 5) is 11.1. The van der Waals surface area contributed by atoms with Crippen molar-refractivity contribution in [3.05, 3.63) is 34.7 Å². The maximum absolute atomic E-state index is 11.3. The molecular weight excluding hydrogens is 218 g/mol. The predicted molar refractivity (Wildman–Crippen MR) is 56.0 cm³/mol. The van der Waals surface area contributed by atoms with Crippen LogP contribution < -0.4 is 9.84 Å². The molecule has 5 nitrogen and oxygen atoms in total. The highest BCUT2D eigenvalue weighted by molar-refractivity contribution is 7.86. The van der Waals surface area contributed by atoms with Crippen molar-refractivity contribution in [1.82, 2.24) is 4.73 Å². The van der Waals surface area contributed by atoms with Crippen molar-refractivity contribution in [2.75, 3.05) is 5.75 Å². The lowest BCUT2D eigenvalue weighted by molar-refractivity contribution is 0.267. The van der Waals surface area contributed by atoms with Gasteiger partial charge in [-0.15, -0.1) is 4.73 Å². The van der Waals surface area contributed by atoms with E-state index in [0.717, 1.165) is 6.42 Å². The quantitative estimate of drug-likeness (QED) is 0.736. The third-order valence-corrected chi connectivity index (χ3v) is 2.91. The molecular formula is C9H13NO4S. The average Bonchev–Trinajstić information content (AvgIpc) is 2.18. The summed E-state index contributed by atoms with van der Waals surface area (Å²) < 4.78 is 28.0. The van der Waals surface area contributed by atoms with Gasteiger partial charge in [0.15, 0.2) is 0 Å². The molecule has 0 bridgehead atoms. The van der Waals surface area contributed by atoms with E-state index < -0.39 is 15.7 Å². The molecule has 0 N–H and O–H groups in total. The Labute approximate surface area is 88.4 Å². The molecule has 0 aliphatic rings. The van der Waals surface area contributed by atoms with Crippen LogP contribution in [0.2, 0.25) is 0 Å². The Balaban J connectivity index is 2.78. The van der Waals surface area contributed by atoms with Gasteiger partial charge in [-0.1, -0.05) is 19.4 Å². The van der Waals surface area contributed by atoms with Crippen LogP contribution in [0, 0.1) is 0 Å². The van der Waals surface area contributed by atoms with Crippen LogP contribution in [0.4, 0.5) is 0 Å². The van der Waals surface area contributed by atoms with Crippen LogP contribution in [0.15, 0.2) is 29.2 Å².